The number of hydrogen-bond donors (Lipinski definition) is 0. The van der Waals surface area contributed by atoms with Crippen molar-refractivity contribution in [2.45, 2.75) is 5.92 Å². The Hall–Kier alpha value is -4.12. The summed E-state index contributed by atoms with van der Waals surface area (Å²) in [6.07, 6.45) is 0. The van der Waals surface area contributed by atoms with Crippen LogP contribution in [-0.4, -0.2) is 7.11 Å². The van der Waals surface area contributed by atoms with Gasteiger partial charge in [0, 0.05) is 17.0 Å². The first-order valence-corrected chi connectivity index (χ1v) is 9.85. The molecular weight excluding hydrogens is 392 g/mol. The van der Waals surface area contributed by atoms with Gasteiger partial charge in [-0.3, -0.25) is 0 Å². The summed E-state index contributed by atoms with van der Waals surface area (Å²) in [5.74, 6) is 0.945. The van der Waals surface area contributed by atoms with Crippen LogP contribution in [0, 0.1) is 0 Å². The van der Waals surface area contributed by atoms with E-state index < -0.39 is 17.2 Å². The van der Waals surface area contributed by atoms with Crippen molar-refractivity contribution in [3.05, 3.63) is 122 Å². The van der Waals surface area contributed by atoms with E-state index in [4.69, 9.17) is 13.6 Å². The molecule has 0 unspecified atom stereocenters. The van der Waals surface area contributed by atoms with Crippen molar-refractivity contribution in [1.29, 1.82) is 0 Å². The Morgan fingerprint density at radius 2 is 1.13 bits per heavy atom. The molecule has 31 heavy (non-hydrogen) atoms. The average Bonchev–Trinajstić information content (AvgIpc) is 3.03. The summed E-state index contributed by atoms with van der Waals surface area (Å²) in [6.45, 7) is 0. The van der Waals surface area contributed by atoms with Gasteiger partial charge in [-0.2, -0.15) is 0 Å². The summed E-state index contributed by atoms with van der Waals surface area (Å²) in [6, 6.07) is 25.5. The van der Waals surface area contributed by atoms with Gasteiger partial charge in [0.15, 0.2) is 0 Å². The summed E-state index contributed by atoms with van der Waals surface area (Å²) >= 11 is 0. The predicted molar refractivity (Wildman–Crippen MR) is 117 cm³/mol. The van der Waals surface area contributed by atoms with Crippen LogP contribution in [-0.2, 0) is 0 Å². The molecule has 5 rings (SSSR count). The molecule has 0 fully saturated rings. The van der Waals surface area contributed by atoms with Crippen LogP contribution < -0.4 is 16.0 Å². The van der Waals surface area contributed by atoms with Crippen LogP contribution in [0.1, 0.15) is 22.6 Å². The Kier molecular flexibility index (Phi) is 4.64. The van der Waals surface area contributed by atoms with E-state index in [1.165, 1.54) is 0 Å². The normalized spacial score (nSPS) is 11.3. The van der Waals surface area contributed by atoms with Crippen molar-refractivity contribution < 1.29 is 13.6 Å². The molecular formula is C26H18O5. The number of rotatable bonds is 4. The topological polar surface area (TPSA) is 69.7 Å². The van der Waals surface area contributed by atoms with Crippen LogP contribution in [0.25, 0.3) is 22.6 Å². The number of ether oxygens (including phenoxy) is 1. The van der Waals surface area contributed by atoms with Crippen molar-refractivity contribution >= 4 is 0 Å². The molecule has 152 valence electrons. The van der Waals surface area contributed by atoms with Crippen LogP contribution in [0.4, 0.5) is 0 Å². The zero-order chi connectivity index (χ0) is 21.4. The van der Waals surface area contributed by atoms with Gasteiger partial charge in [-0.1, -0.05) is 60.7 Å². The lowest BCUT2D eigenvalue weighted by atomic mass is 9.83. The van der Waals surface area contributed by atoms with Crippen molar-refractivity contribution in [3.8, 4) is 28.4 Å². The molecule has 2 aliphatic heterocycles. The second-order valence-corrected chi connectivity index (χ2v) is 7.19. The van der Waals surface area contributed by atoms with E-state index in [9.17, 15) is 9.59 Å². The zero-order valence-corrected chi connectivity index (χ0v) is 16.7. The first-order valence-electron chi connectivity index (χ1n) is 9.85. The van der Waals surface area contributed by atoms with E-state index in [0.717, 1.165) is 5.56 Å². The Morgan fingerprint density at radius 3 is 1.61 bits per heavy atom. The molecule has 0 saturated carbocycles. The molecule has 5 nitrogen and oxygen atoms in total. The maximum Gasteiger partial charge on any atom is 0.341 e. The molecule has 0 atom stereocenters. The molecule has 0 bridgehead atoms. The third-order valence-corrected chi connectivity index (χ3v) is 5.45. The second-order valence-electron chi connectivity index (χ2n) is 7.19. The van der Waals surface area contributed by atoms with Gasteiger partial charge in [-0.25, -0.2) is 9.59 Å². The number of hydrogen-bond acceptors (Lipinski definition) is 5. The van der Waals surface area contributed by atoms with Gasteiger partial charge in [0.1, 0.15) is 17.3 Å². The summed E-state index contributed by atoms with van der Waals surface area (Å²) in [5, 5.41) is 0. The lowest BCUT2D eigenvalue weighted by Gasteiger charge is -2.16. The smallest absolute Gasteiger partial charge is 0.341 e. The molecule has 5 heteroatoms. The highest BCUT2D eigenvalue weighted by atomic mass is 16.5. The Morgan fingerprint density at radius 1 is 0.645 bits per heavy atom. The van der Waals surface area contributed by atoms with Gasteiger partial charge in [-0.05, 0) is 29.8 Å². The molecule has 0 spiro atoms. The van der Waals surface area contributed by atoms with Gasteiger partial charge >= 0.3 is 11.3 Å². The summed E-state index contributed by atoms with van der Waals surface area (Å²) in [4.78, 5) is 26.1. The monoisotopic (exact) mass is 410 g/mol. The van der Waals surface area contributed by atoms with E-state index in [-0.39, 0.29) is 0 Å². The van der Waals surface area contributed by atoms with Crippen LogP contribution in [0.3, 0.4) is 0 Å². The molecule has 1 aromatic carbocycles. The first kappa shape index (κ1) is 18.9. The molecule has 2 aliphatic carbocycles. The van der Waals surface area contributed by atoms with Gasteiger partial charge in [0.25, 0.3) is 0 Å². The highest BCUT2D eigenvalue weighted by molar-refractivity contribution is 5.71. The maximum atomic E-state index is 13.1. The van der Waals surface area contributed by atoms with Crippen molar-refractivity contribution in [3.63, 3.8) is 0 Å². The highest BCUT2D eigenvalue weighted by Crippen LogP contribution is 2.40. The average molecular weight is 410 g/mol. The van der Waals surface area contributed by atoms with Crippen molar-refractivity contribution in [2.24, 2.45) is 0 Å². The fourth-order valence-corrected chi connectivity index (χ4v) is 4.03. The van der Waals surface area contributed by atoms with Crippen LogP contribution >= 0.6 is 0 Å². The minimum atomic E-state index is -0.668. The lowest BCUT2D eigenvalue weighted by molar-refractivity contribution is 0.414. The Bertz CT molecular complexity index is 1320. The molecule has 0 saturated heterocycles. The van der Waals surface area contributed by atoms with Gasteiger partial charge in [-0.15, -0.1) is 0 Å². The molecule has 2 heterocycles. The SMILES string of the molecule is COc1ccc(C(c2c3cccccc-3oc2=O)c2c3cccccc-3oc2=O)cc1. The Balaban J connectivity index is 1.84. The summed E-state index contributed by atoms with van der Waals surface area (Å²) in [7, 11) is 1.59. The molecule has 0 N–H and O–H groups in total. The minimum Gasteiger partial charge on any atom is -0.497 e. The number of benzene rings is 1. The van der Waals surface area contributed by atoms with E-state index in [2.05, 4.69) is 0 Å². The fraction of sp³-hybridized carbons (Fsp3) is 0.0769. The van der Waals surface area contributed by atoms with Crippen LogP contribution in [0.2, 0.25) is 0 Å². The number of furan rings is 2. The van der Waals surface area contributed by atoms with E-state index in [1.54, 1.807) is 19.2 Å². The minimum absolute atomic E-state index is 0.405. The molecule has 0 aromatic heterocycles. The predicted octanol–water partition coefficient (Wildman–Crippen LogP) is 4.99. The molecule has 4 aliphatic rings. The van der Waals surface area contributed by atoms with Crippen LogP contribution in [0.5, 0.6) is 5.75 Å². The standard InChI is InChI=1S/C26H18O5/c1-29-17-14-12-16(13-15-17)22(23-18-8-4-2-6-10-20(18)30-25(23)27)24-19-9-5-3-7-11-21(19)31-26(24)28/h2-15,22H,1H3. The number of methoxy groups -OCH3 is 1. The van der Waals surface area contributed by atoms with Gasteiger partial charge in [0.2, 0.25) is 0 Å². The van der Waals surface area contributed by atoms with Crippen LogP contribution in [0.15, 0.2) is 103 Å². The van der Waals surface area contributed by atoms with Crippen molar-refractivity contribution in [1.82, 2.24) is 0 Å². The second kappa shape index (κ2) is 7.61. The van der Waals surface area contributed by atoms with E-state index in [1.807, 2.05) is 72.8 Å². The van der Waals surface area contributed by atoms with Gasteiger partial charge in [0.05, 0.1) is 18.2 Å². The quantitative estimate of drug-likeness (QED) is 0.417. The van der Waals surface area contributed by atoms with Crippen molar-refractivity contribution in [2.75, 3.05) is 7.11 Å². The maximum absolute atomic E-state index is 13.1. The lowest BCUT2D eigenvalue weighted by Crippen LogP contribution is -2.17. The molecule has 1 aromatic rings. The third-order valence-electron chi connectivity index (χ3n) is 5.45. The third kappa shape index (κ3) is 3.20. The van der Waals surface area contributed by atoms with E-state index >= 15 is 0 Å². The summed E-state index contributed by atoms with van der Waals surface area (Å²) < 4.78 is 16.4. The van der Waals surface area contributed by atoms with E-state index in [0.29, 0.717) is 39.5 Å². The summed E-state index contributed by atoms with van der Waals surface area (Å²) in [5.41, 5.74) is 1.94. The first-order chi connectivity index (χ1) is 15.2. The molecule has 0 amide bonds. The molecule has 0 radical (unpaired) electrons. The van der Waals surface area contributed by atoms with Gasteiger partial charge < -0.3 is 13.6 Å². The zero-order valence-electron chi connectivity index (χ0n) is 16.7. The highest BCUT2D eigenvalue weighted by Gasteiger charge is 2.33. The number of fused-ring (bicyclic) bond motifs is 2. The fourth-order valence-electron chi connectivity index (χ4n) is 4.03. The Labute approximate surface area is 177 Å². The largest absolute Gasteiger partial charge is 0.497 e.